The van der Waals surface area contributed by atoms with Crippen LogP contribution in [0.15, 0.2) is 59.3 Å². The lowest BCUT2D eigenvalue weighted by Gasteiger charge is -2.16. The third-order valence-electron chi connectivity index (χ3n) is 4.43. The summed E-state index contributed by atoms with van der Waals surface area (Å²) in [5, 5.41) is 19.6. The highest BCUT2D eigenvalue weighted by atomic mass is 32.1. The Morgan fingerprint density at radius 3 is 2.69 bits per heavy atom. The maximum Gasteiger partial charge on any atom is 0.273 e. The zero-order chi connectivity index (χ0) is 18.1. The molecule has 1 atom stereocenters. The van der Waals surface area contributed by atoms with Gasteiger partial charge in [-0.05, 0) is 48.9 Å². The molecule has 4 aromatic rings. The van der Waals surface area contributed by atoms with E-state index in [1.807, 2.05) is 61.7 Å². The molecule has 4 rings (SSSR count). The van der Waals surface area contributed by atoms with Gasteiger partial charge in [0, 0.05) is 28.3 Å². The highest BCUT2D eigenvalue weighted by Crippen LogP contribution is 2.36. The number of H-pyrrole nitrogens is 1. The Morgan fingerprint density at radius 1 is 1.08 bits per heavy atom. The van der Waals surface area contributed by atoms with E-state index in [-0.39, 0.29) is 11.8 Å². The lowest BCUT2D eigenvalue weighted by atomic mass is 9.98. The summed E-state index contributed by atoms with van der Waals surface area (Å²) in [6.45, 7) is 3.95. The standard InChI is InChI=1S/C21H19N3OS/c1-13-4-3-5-18(22-13)24-19(16-10-11-26-12-16)17-9-8-15-7-6-14(2)23-20(15)21(17)25/h3-12,19,25H,1-2H3,(H,22,24)/p+1/t19-/m1/s1. The Kier molecular flexibility index (Phi) is 4.31. The van der Waals surface area contributed by atoms with Gasteiger partial charge < -0.3 is 5.11 Å². The fourth-order valence-corrected chi connectivity index (χ4v) is 3.81. The first-order valence-corrected chi connectivity index (χ1v) is 9.43. The van der Waals surface area contributed by atoms with Gasteiger partial charge in [0.15, 0.2) is 0 Å². The quantitative estimate of drug-likeness (QED) is 0.556. The van der Waals surface area contributed by atoms with Gasteiger partial charge in [-0.2, -0.15) is 11.3 Å². The second-order valence-electron chi connectivity index (χ2n) is 6.41. The molecule has 1 aromatic carbocycles. The molecule has 0 saturated heterocycles. The first-order valence-electron chi connectivity index (χ1n) is 8.48. The molecule has 5 heteroatoms. The number of nitrogens with zero attached hydrogens (tertiary/aromatic N) is 1. The van der Waals surface area contributed by atoms with Crippen LogP contribution in [0.25, 0.3) is 10.9 Å². The Hall–Kier alpha value is -2.92. The van der Waals surface area contributed by atoms with Gasteiger partial charge in [-0.3, -0.25) is 5.32 Å². The van der Waals surface area contributed by atoms with Crippen molar-refractivity contribution in [2.45, 2.75) is 19.9 Å². The first kappa shape index (κ1) is 16.5. The molecular weight excluding hydrogens is 342 g/mol. The highest BCUT2D eigenvalue weighted by molar-refractivity contribution is 7.08. The minimum absolute atomic E-state index is 0.175. The second-order valence-corrected chi connectivity index (χ2v) is 7.19. The van der Waals surface area contributed by atoms with Gasteiger partial charge in [0.05, 0.1) is 5.69 Å². The average molecular weight is 362 g/mol. The van der Waals surface area contributed by atoms with Gasteiger partial charge in [-0.1, -0.05) is 18.2 Å². The molecule has 0 spiro atoms. The van der Waals surface area contributed by atoms with Crippen LogP contribution in [-0.2, 0) is 0 Å². The number of hydrogen-bond acceptors (Lipinski definition) is 4. The van der Waals surface area contributed by atoms with Crippen LogP contribution in [0.3, 0.4) is 0 Å². The molecule has 26 heavy (non-hydrogen) atoms. The van der Waals surface area contributed by atoms with Gasteiger partial charge in [-0.15, -0.1) is 0 Å². The summed E-state index contributed by atoms with van der Waals surface area (Å²) in [6.07, 6.45) is 0. The van der Waals surface area contributed by atoms with E-state index in [0.717, 1.165) is 33.7 Å². The van der Waals surface area contributed by atoms with Crippen LogP contribution >= 0.6 is 11.3 Å². The van der Waals surface area contributed by atoms with Crippen molar-refractivity contribution in [3.63, 3.8) is 0 Å². The second kappa shape index (κ2) is 6.77. The highest BCUT2D eigenvalue weighted by Gasteiger charge is 2.24. The van der Waals surface area contributed by atoms with E-state index >= 15 is 0 Å². The summed E-state index contributed by atoms with van der Waals surface area (Å²) in [5.74, 6) is 1.13. The fourth-order valence-electron chi connectivity index (χ4n) is 3.12. The Labute approximate surface area is 156 Å². The molecule has 3 N–H and O–H groups in total. The largest absolute Gasteiger partial charge is 0.505 e. The number of rotatable bonds is 4. The Bertz CT molecular complexity index is 1060. The van der Waals surface area contributed by atoms with Gasteiger partial charge in [-0.25, -0.2) is 9.97 Å². The summed E-state index contributed by atoms with van der Waals surface area (Å²) >= 11 is 1.64. The van der Waals surface area contributed by atoms with Crippen LogP contribution < -0.4 is 10.3 Å². The molecule has 3 heterocycles. The number of nitrogens with one attached hydrogen (secondary N) is 2. The molecule has 4 nitrogen and oxygen atoms in total. The Balaban J connectivity index is 1.84. The fraction of sp³-hybridized carbons (Fsp3) is 0.143. The molecule has 0 aliphatic heterocycles. The van der Waals surface area contributed by atoms with E-state index in [1.54, 1.807) is 11.3 Å². The van der Waals surface area contributed by atoms with Crippen molar-refractivity contribution in [2.24, 2.45) is 0 Å². The molecule has 0 fully saturated rings. The van der Waals surface area contributed by atoms with E-state index in [0.29, 0.717) is 5.52 Å². The number of phenolic OH excluding ortho intramolecular Hbond substituents is 1. The van der Waals surface area contributed by atoms with Gasteiger partial charge >= 0.3 is 0 Å². The number of aromatic hydroxyl groups is 1. The maximum atomic E-state index is 11.0. The van der Waals surface area contributed by atoms with Crippen molar-refractivity contribution in [2.75, 3.05) is 5.32 Å². The number of aryl methyl sites for hydroxylation is 2. The predicted octanol–water partition coefficient (Wildman–Crippen LogP) is 4.63. The molecule has 0 saturated carbocycles. The molecule has 0 aliphatic carbocycles. The molecule has 0 amide bonds. The van der Waals surface area contributed by atoms with Crippen LogP contribution in [0.5, 0.6) is 5.75 Å². The summed E-state index contributed by atoms with van der Waals surface area (Å²) in [6, 6.07) is 15.8. The number of thiophene rings is 1. The van der Waals surface area contributed by atoms with Crippen LogP contribution in [0.4, 0.5) is 5.82 Å². The summed E-state index contributed by atoms with van der Waals surface area (Å²) < 4.78 is 0. The normalized spacial score (nSPS) is 12.2. The third-order valence-corrected chi connectivity index (χ3v) is 5.14. The summed E-state index contributed by atoms with van der Waals surface area (Å²) in [4.78, 5) is 7.87. The topological polar surface area (TPSA) is 59.3 Å². The molecule has 130 valence electrons. The van der Waals surface area contributed by atoms with Gasteiger partial charge in [0.25, 0.3) is 5.82 Å². The summed E-state index contributed by atoms with van der Waals surface area (Å²) in [5.41, 5.74) is 4.50. The number of aromatic nitrogens is 2. The SMILES string of the molecule is Cc1ccc2ccc([C@H](Nc3cccc(C)[nH+]3)c3ccsc3)c(O)c2n1. The number of pyridine rings is 2. The number of benzene rings is 1. The van der Waals surface area contributed by atoms with Crippen LogP contribution in [0, 0.1) is 13.8 Å². The maximum absolute atomic E-state index is 11.0. The third kappa shape index (κ3) is 3.13. The predicted molar refractivity (Wildman–Crippen MR) is 106 cm³/mol. The van der Waals surface area contributed by atoms with Crippen LogP contribution in [-0.4, -0.2) is 10.1 Å². The number of anilines is 1. The number of fused-ring (bicyclic) bond motifs is 1. The lowest BCUT2D eigenvalue weighted by molar-refractivity contribution is -0.371. The lowest BCUT2D eigenvalue weighted by Crippen LogP contribution is -2.20. The minimum atomic E-state index is -0.175. The smallest absolute Gasteiger partial charge is 0.273 e. The molecule has 0 aliphatic rings. The zero-order valence-corrected chi connectivity index (χ0v) is 15.5. The van der Waals surface area contributed by atoms with Crippen molar-refractivity contribution in [1.82, 2.24) is 4.98 Å². The molecule has 0 unspecified atom stereocenters. The molecule has 0 bridgehead atoms. The first-order chi connectivity index (χ1) is 12.6. The van der Waals surface area contributed by atoms with Gasteiger partial charge in [0.2, 0.25) is 0 Å². The van der Waals surface area contributed by atoms with E-state index in [1.165, 1.54) is 0 Å². The average Bonchev–Trinajstić information content (AvgIpc) is 3.15. The van der Waals surface area contributed by atoms with E-state index < -0.39 is 0 Å². The molecular formula is C21H20N3OS+. The minimum Gasteiger partial charge on any atom is -0.505 e. The van der Waals surface area contributed by atoms with E-state index in [9.17, 15) is 5.11 Å². The van der Waals surface area contributed by atoms with Gasteiger partial charge in [0.1, 0.15) is 17.3 Å². The molecule has 3 aromatic heterocycles. The van der Waals surface area contributed by atoms with Crippen molar-refractivity contribution < 1.29 is 10.1 Å². The Morgan fingerprint density at radius 2 is 1.92 bits per heavy atom. The zero-order valence-electron chi connectivity index (χ0n) is 14.7. The molecule has 0 radical (unpaired) electrons. The summed E-state index contributed by atoms with van der Waals surface area (Å²) in [7, 11) is 0. The van der Waals surface area contributed by atoms with Crippen LogP contribution in [0.1, 0.15) is 28.6 Å². The van der Waals surface area contributed by atoms with Crippen molar-refractivity contribution in [3.05, 3.63) is 81.8 Å². The van der Waals surface area contributed by atoms with Crippen molar-refractivity contribution >= 4 is 28.1 Å². The van der Waals surface area contributed by atoms with E-state index in [4.69, 9.17) is 0 Å². The monoisotopic (exact) mass is 362 g/mol. The number of phenols is 1. The number of aromatic amines is 1. The van der Waals surface area contributed by atoms with E-state index in [2.05, 4.69) is 26.7 Å². The number of hydrogen-bond donors (Lipinski definition) is 2. The van der Waals surface area contributed by atoms with Crippen molar-refractivity contribution in [1.29, 1.82) is 0 Å². The van der Waals surface area contributed by atoms with Crippen LogP contribution in [0.2, 0.25) is 0 Å². The van der Waals surface area contributed by atoms with Crippen molar-refractivity contribution in [3.8, 4) is 5.75 Å².